The molecule has 0 radical (unpaired) electrons. The topological polar surface area (TPSA) is 108 Å². The number of benzene rings is 2. The molecule has 2 amide bonds. The Morgan fingerprint density at radius 3 is 1.16 bits per heavy atom. The third-order valence-corrected chi connectivity index (χ3v) is 4.84. The van der Waals surface area contributed by atoms with E-state index in [1.54, 1.807) is 0 Å². The molecule has 31 heavy (non-hydrogen) atoms. The molecule has 168 valence electrons. The number of hydrogen-bond donors (Lipinski definition) is 4. The minimum Gasteiger partial charge on any atom is -0.457 e. The maximum atomic E-state index is 12.1. The summed E-state index contributed by atoms with van der Waals surface area (Å²) in [5, 5.41) is 25.3. The molecule has 0 aliphatic heterocycles. The molecule has 0 bridgehead atoms. The van der Waals surface area contributed by atoms with Crippen LogP contribution in [-0.2, 0) is 9.59 Å². The zero-order chi connectivity index (χ0) is 23.7. The van der Waals surface area contributed by atoms with Crippen LogP contribution in [0, 0.1) is 27.7 Å². The van der Waals surface area contributed by atoms with Gasteiger partial charge in [-0.15, -0.1) is 0 Å². The predicted molar refractivity (Wildman–Crippen MR) is 122 cm³/mol. The van der Waals surface area contributed by atoms with Gasteiger partial charge in [-0.1, -0.05) is 0 Å². The smallest absolute Gasteiger partial charge is 0.255 e. The first-order chi connectivity index (χ1) is 14.1. The lowest BCUT2D eigenvalue weighted by atomic mass is 10.0. The summed E-state index contributed by atoms with van der Waals surface area (Å²) in [6.45, 7) is 13.1. The fourth-order valence-electron chi connectivity index (χ4n) is 3.03. The summed E-state index contributed by atoms with van der Waals surface area (Å²) in [6.07, 6.45) is 0. The van der Waals surface area contributed by atoms with Gasteiger partial charge in [-0.2, -0.15) is 0 Å². The van der Waals surface area contributed by atoms with Gasteiger partial charge in [0.25, 0.3) is 11.8 Å². The molecule has 0 atom stereocenters. The van der Waals surface area contributed by atoms with Crippen LogP contribution in [0.4, 0.5) is 11.4 Å². The predicted octanol–water partition coefficient (Wildman–Crippen LogP) is 4.13. The Bertz CT molecular complexity index is 886. The third-order valence-electron chi connectivity index (χ3n) is 4.84. The van der Waals surface area contributed by atoms with Gasteiger partial charge >= 0.3 is 0 Å². The summed E-state index contributed by atoms with van der Waals surface area (Å²) in [4.78, 5) is 24.2. The quantitative estimate of drug-likeness (QED) is 0.553. The first-order valence-corrected chi connectivity index (χ1v) is 10.1. The summed E-state index contributed by atoms with van der Waals surface area (Å²) >= 11 is 0. The van der Waals surface area contributed by atoms with Crippen LogP contribution in [0.2, 0.25) is 0 Å². The van der Waals surface area contributed by atoms with Crippen molar-refractivity contribution in [2.45, 2.75) is 66.6 Å². The van der Waals surface area contributed by atoms with E-state index in [-0.39, 0.29) is 0 Å². The van der Waals surface area contributed by atoms with E-state index in [4.69, 9.17) is 4.74 Å². The Morgan fingerprint density at radius 2 is 0.935 bits per heavy atom. The molecular formula is C24H32N2O5. The van der Waals surface area contributed by atoms with Gasteiger partial charge in [0.15, 0.2) is 0 Å². The van der Waals surface area contributed by atoms with Crippen LogP contribution in [-0.4, -0.2) is 33.2 Å². The zero-order valence-corrected chi connectivity index (χ0v) is 19.4. The second kappa shape index (κ2) is 8.69. The average Bonchev–Trinajstić information content (AvgIpc) is 2.59. The number of rotatable bonds is 6. The van der Waals surface area contributed by atoms with Gasteiger partial charge < -0.3 is 25.6 Å². The Labute approximate surface area is 183 Å². The van der Waals surface area contributed by atoms with Crippen LogP contribution in [0.3, 0.4) is 0 Å². The Morgan fingerprint density at radius 1 is 0.677 bits per heavy atom. The van der Waals surface area contributed by atoms with E-state index in [2.05, 4.69) is 10.6 Å². The van der Waals surface area contributed by atoms with Crippen molar-refractivity contribution in [3.05, 3.63) is 46.5 Å². The van der Waals surface area contributed by atoms with Crippen molar-refractivity contribution in [1.82, 2.24) is 0 Å². The number of aliphatic hydroxyl groups is 2. The minimum absolute atomic E-state index is 0.484. The van der Waals surface area contributed by atoms with Crippen LogP contribution in [0.5, 0.6) is 11.5 Å². The summed E-state index contributed by atoms with van der Waals surface area (Å²) in [6, 6.07) is 7.23. The molecule has 0 fully saturated rings. The second-order valence-electron chi connectivity index (χ2n) is 8.99. The van der Waals surface area contributed by atoms with Crippen molar-refractivity contribution >= 4 is 23.2 Å². The fourth-order valence-corrected chi connectivity index (χ4v) is 3.03. The molecule has 0 unspecified atom stereocenters. The molecule has 2 aromatic rings. The normalized spacial score (nSPS) is 11.8. The van der Waals surface area contributed by atoms with Crippen LogP contribution in [0.25, 0.3) is 0 Å². The van der Waals surface area contributed by atoms with Gasteiger partial charge in [-0.25, -0.2) is 0 Å². The number of anilines is 2. The molecule has 2 aromatic carbocycles. The lowest BCUT2D eigenvalue weighted by Crippen LogP contribution is -2.37. The van der Waals surface area contributed by atoms with Gasteiger partial charge in [0.05, 0.1) is 0 Å². The SMILES string of the molecule is Cc1cc(Oc2cc(C)c(NC(=O)C(C)(C)O)c(C)c2)cc(C)c1NC(=O)C(C)(C)O. The van der Waals surface area contributed by atoms with E-state index in [9.17, 15) is 19.8 Å². The maximum absolute atomic E-state index is 12.1. The molecule has 7 heteroatoms. The van der Waals surface area contributed by atoms with Gasteiger partial charge in [0.2, 0.25) is 0 Å². The number of hydrogen-bond acceptors (Lipinski definition) is 5. The average molecular weight is 429 g/mol. The maximum Gasteiger partial charge on any atom is 0.255 e. The molecular weight excluding hydrogens is 396 g/mol. The van der Waals surface area contributed by atoms with E-state index < -0.39 is 23.0 Å². The van der Waals surface area contributed by atoms with Crippen LogP contribution < -0.4 is 15.4 Å². The van der Waals surface area contributed by atoms with Crippen molar-refractivity contribution in [3.63, 3.8) is 0 Å². The molecule has 0 saturated heterocycles. The molecule has 7 nitrogen and oxygen atoms in total. The van der Waals surface area contributed by atoms with E-state index in [0.717, 1.165) is 22.3 Å². The van der Waals surface area contributed by atoms with Crippen LogP contribution in [0.15, 0.2) is 24.3 Å². The highest BCUT2D eigenvalue weighted by atomic mass is 16.5. The van der Waals surface area contributed by atoms with Crippen LogP contribution in [0.1, 0.15) is 49.9 Å². The second-order valence-corrected chi connectivity index (χ2v) is 8.99. The molecule has 0 saturated carbocycles. The van der Waals surface area contributed by atoms with Crippen molar-refractivity contribution in [2.75, 3.05) is 10.6 Å². The summed E-state index contributed by atoms with van der Waals surface area (Å²) in [5.74, 6) is 0.233. The minimum atomic E-state index is -1.48. The molecule has 0 aliphatic rings. The van der Waals surface area contributed by atoms with Gasteiger partial charge in [-0.3, -0.25) is 9.59 Å². The highest BCUT2D eigenvalue weighted by Crippen LogP contribution is 2.33. The molecule has 2 rings (SSSR count). The van der Waals surface area contributed by atoms with Crippen molar-refractivity contribution in [2.24, 2.45) is 0 Å². The van der Waals surface area contributed by atoms with Crippen LogP contribution >= 0.6 is 0 Å². The summed E-state index contributed by atoms with van der Waals surface area (Å²) < 4.78 is 6.03. The van der Waals surface area contributed by atoms with Crippen molar-refractivity contribution in [3.8, 4) is 11.5 Å². The summed E-state index contributed by atoms with van der Waals surface area (Å²) in [5.41, 5.74) is 1.51. The van der Waals surface area contributed by atoms with Gasteiger partial charge in [0.1, 0.15) is 22.7 Å². The van der Waals surface area contributed by atoms with Crippen molar-refractivity contribution < 1.29 is 24.5 Å². The van der Waals surface area contributed by atoms with E-state index in [1.807, 2.05) is 52.0 Å². The van der Waals surface area contributed by atoms with Gasteiger partial charge in [-0.05, 0) is 102 Å². The number of nitrogens with one attached hydrogen (secondary N) is 2. The summed E-state index contributed by atoms with van der Waals surface area (Å²) in [7, 11) is 0. The number of ether oxygens (including phenoxy) is 1. The van der Waals surface area contributed by atoms with E-state index >= 15 is 0 Å². The fraction of sp³-hybridized carbons (Fsp3) is 0.417. The monoisotopic (exact) mass is 428 g/mol. The molecule has 0 aliphatic carbocycles. The molecule has 0 aromatic heterocycles. The molecule has 4 N–H and O–H groups in total. The van der Waals surface area contributed by atoms with E-state index in [0.29, 0.717) is 22.9 Å². The first-order valence-electron chi connectivity index (χ1n) is 10.1. The lowest BCUT2D eigenvalue weighted by Gasteiger charge is -2.21. The van der Waals surface area contributed by atoms with Crippen molar-refractivity contribution in [1.29, 1.82) is 0 Å². The number of carbonyl (C=O) groups is 2. The standard InChI is InChI=1S/C24H32N2O5/c1-13-9-17(10-14(2)19(13)25-21(27)23(5,6)29)31-18-11-15(3)20(16(4)12-18)26-22(28)24(7,8)30/h9-12,29-30H,1-8H3,(H,25,27)(H,26,28). The number of carbonyl (C=O) groups excluding carboxylic acids is 2. The highest BCUT2D eigenvalue weighted by Gasteiger charge is 2.26. The molecule has 0 heterocycles. The molecule has 0 spiro atoms. The first kappa shape index (κ1) is 24.4. The lowest BCUT2D eigenvalue weighted by molar-refractivity contribution is -0.131. The Hall–Kier alpha value is -2.90. The number of aryl methyl sites for hydroxylation is 4. The van der Waals surface area contributed by atoms with Gasteiger partial charge in [0, 0.05) is 11.4 Å². The zero-order valence-electron chi connectivity index (χ0n) is 19.4. The Balaban J connectivity index is 2.27. The number of amides is 2. The third kappa shape index (κ3) is 6.06. The largest absolute Gasteiger partial charge is 0.457 e. The van der Waals surface area contributed by atoms with E-state index in [1.165, 1.54) is 27.7 Å². The highest BCUT2D eigenvalue weighted by molar-refractivity contribution is 5.98. The Kier molecular flexibility index (Phi) is 6.83.